The highest BCUT2D eigenvalue weighted by Crippen LogP contribution is 2.39. The summed E-state index contributed by atoms with van der Waals surface area (Å²) in [4.78, 5) is 49.2. The van der Waals surface area contributed by atoms with Crippen LogP contribution in [-0.4, -0.2) is 23.9 Å². The Kier molecular flexibility index (Phi) is 11.5. The molecule has 9 heteroatoms. The quantitative estimate of drug-likeness (QED) is 0.0915. The van der Waals surface area contributed by atoms with Gasteiger partial charge in [0.05, 0.1) is 0 Å². The van der Waals surface area contributed by atoms with Crippen molar-refractivity contribution in [1.82, 2.24) is 0 Å². The molecule has 0 heterocycles. The average Bonchev–Trinajstić information content (AvgIpc) is 3.01. The highest BCUT2D eigenvalue weighted by atomic mass is 19.1. The number of allylic oxidation sites excluding steroid dienone is 1. The fourth-order valence-electron chi connectivity index (χ4n) is 3.56. The van der Waals surface area contributed by atoms with Gasteiger partial charge >= 0.3 is 23.9 Å². The monoisotopic (exact) mass is 624 g/mol. The zero-order valence-electron chi connectivity index (χ0n) is 26.2. The van der Waals surface area contributed by atoms with Gasteiger partial charge < -0.3 is 18.9 Å². The van der Waals surface area contributed by atoms with Gasteiger partial charge in [0.15, 0.2) is 11.6 Å². The largest absolute Gasteiger partial charge is 0.423 e. The van der Waals surface area contributed by atoms with E-state index in [2.05, 4.69) is 19.7 Å². The predicted molar refractivity (Wildman–Crippen MR) is 174 cm³/mol. The maximum absolute atomic E-state index is 14.7. The minimum Gasteiger partial charge on any atom is -0.423 e. The Morgan fingerprint density at radius 1 is 0.630 bits per heavy atom. The topological polar surface area (TPSA) is 105 Å². The summed E-state index contributed by atoms with van der Waals surface area (Å²) in [5.74, 6) is -3.23. The van der Waals surface area contributed by atoms with Crippen LogP contribution in [0.4, 0.5) is 4.39 Å². The Hall–Kier alpha value is -5.83. The predicted octanol–water partition coefficient (Wildman–Crippen LogP) is 7.98. The number of ether oxygens (including phenoxy) is 4. The molecule has 46 heavy (non-hydrogen) atoms. The second-order valence-electron chi connectivity index (χ2n) is 10.3. The van der Waals surface area contributed by atoms with Crippen LogP contribution >= 0.6 is 0 Å². The van der Waals surface area contributed by atoms with Crippen molar-refractivity contribution in [2.45, 2.75) is 34.6 Å². The van der Waals surface area contributed by atoms with Crippen molar-refractivity contribution in [3.8, 4) is 34.1 Å². The molecule has 3 rings (SSSR count). The molecule has 0 atom stereocenters. The molecular weight excluding hydrogens is 591 g/mol. The molecule has 236 valence electrons. The molecule has 0 aromatic heterocycles. The Morgan fingerprint density at radius 2 is 1.17 bits per heavy atom. The third-order valence-electron chi connectivity index (χ3n) is 6.31. The van der Waals surface area contributed by atoms with E-state index in [4.69, 9.17) is 18.9 Å². The molecule has 0 fully saturated rings. The zero-order chi connectivity index (χ0) is 34.1. The van der Waals surface area contributed by atoms with Crippen LogP contribution in [0.5, 0.6) is 23.0 Å². The minimum absolute atomic E-state index is 0.107. The first-order valence-electron chi connectivity index (χ1n) is 13.9. The second kappa shape index (κ2) is 15.3. The van der Waals surface area contributed by atoms with Crippen LogP contribution in [0.1, 0.15) is 45.7 Å². The fourth-order valence-corrected chi connectivity index (χ4v) is 3.56. The van der Waals surface area contributed by atoms with E-state index in [0.29, 0.717) is 27.8 Å². The van der Waals surface area contributed by atoms with Gasteiger partial charge in [-0.1, -0.05) is 56.2 Å². The Bertz CT molecular complexity index is 1810. The number of carbonyl (C=O) groups excluding carboxylic acids is 4. The van der Waals surface area contributed by atoms with Crippen molar-refractivity contribution >= 4 is 36.0 Å². The van der Waals surface area contributed by atoms with Crippen LogP contribution in [-0.2, 0) is 19.2 Å². The highest BCUT2D eigenvalue weighted by Gasteiger charge is 2.19. The summed E-state index contributed by atoms with van der Waals surface area (Å²) in [6, 6.07) is 13.4. The summed E-state index contributed by atoms with van der Waals surface area (Å²) in [6.07, 6.45) is 4.68. The van der Waals surface area contributed by atoms with E-state index in [1.54, 1.807) is 50.3 Å². The minimum atomic E-state index is -0.782. The number of benzene rings is 3. The Morgan fingerprint density at radius 3 is 1.72 bits per heavy atom. The van der Waals surface area contributed by atoms with Crippen molar-refractivity contribution in [2.24, 2.45) is 0 Å². The lowest BCUT2D eigenvalue weighted by Gasteiger charge is -2.16. The molecule has 3 aromatic carbocycles. The molecule has 0 unspecified atom stereocenters. The molecule has 8 nitrogen and oxygen atoms in total. The average molecular weight is 625 g/mol. The van der Waals surface area contributed by atoms with Crippen molar-refractivity contribution < 1.29 is 42.5 Å². The van der Waals surface area contributed by atoms with E-state index in [1.165, 1.54) is 51.1 Å². The van der Waals surface area contributed by atoms with E-state index >= 15 is 0 Å². The Balaban J connectivity index is 2.13. The van der Waals surface area contributed by atoms with Crippen LogP contribution in [0.25, 0.3) is 23.3 Å². The van der Waals surface area contributed by atoms with Crippen molar-refractivity contribution in [3.05, 3.63) is 120 Å². The molecule has 0 aliphatic heterocycles. The molecule has 3 aromatic rings. The van der Waals surface area contributed by atoms with Gasteiger partial charge in [0.1, 0.15) is 17.2 Å². The van der Waals surface area contributed by atoms with E-state index in [1.807, 2.05) is 0 Å². The molecule has 0 N–H and O–H groups in total. The van der Waals surface area contributed by atoms with Crippen LogP contribution in [0.2, 0.25) is 0 Å². The number of hydrogen-bond acceptors (Lipinski definition) is 8. The van der Waals surface area contributed by atoms with Gasteiger partial charge in [-0.25, -0.2) is 23.6 Å². The fraction of sp³-hybridized carbons (Fsp3) is 0.135. The SMILES string of the molecule is C=C(C)C(=O)Oc1ccc(-c2cc(OC(=O)/C(C)=C/C)c(/C=C/c3ccc(OC(=O)C(=C)C)c(F)c3)cc2OC(=O)C(=C)C)cc1. The molecule has 0 saturated heterocycles. The molecule has 0 radical (unpaired) electrons. The van der Waals surface area contributed by atoms with Gasteiger partial charge in [-0.3, -0.25) is 0 Å². The molecule has 0 spiro atoms. The Labute approximate surface area is 266 Å². The molecule has 0 amide bonds. The van der Waals surface area contributed by atoms with E-state index in [9.17, 15) is 23.6 Å². The first kappa shape index (κ1) is 34.7. The lowest BCUT2D eigenvalue weighted by Crippen LogP contribution is -2.12. The maximum Gasteiger partial charge on any atom is 0.338 e. The smallest absolute Gasteiger partial charge is 0.338 e. The summed E-state index contributed by atoms with van der Waals surface area (Å²) < 4.78 is 36.4. The summed E-state index contributed by atoms with van der Waals surface area (Å²) in [5, 5.41) is 0. The van der Waals surface area contributed by atoms with Crippen molar-refractivity contribution in [1.29, 1.82) is 0 Å². The lowest BCUT2D eigenvalue weighted by atomic mass is 10.0. The first-order chi connectivity index (χ1) is 21.7. The van der Waals surface area contributed by atoms with Crippen LogP contribution in [0, 0.1) is 5.82 Å². The zero-order valence-corrected chi connectivity index (χ0v) is 26.2. The van der Waals surface area contributed by atoms with Gasteiger partial charge in [-0.15, -0.1) is 0 Å². The molecule has 0 bridgehead atoms. The number of halogens is 1. The molecule has 0 aliphatic carbocycles. The third kappa shape index (κ3) is 9.09. The van der Waals surface area contributed by atoms with E-state index in [0.717, 1.165) is 6.07 Å². The maximum atomic E-state index is 14.7. The number of rotatable bonds is 11. The summed E-state index contributed by atoms with van der Waals surface area (Å²) in [5.41, 5.74) is 2.46. The molecule has 0 saturated carbocycles. The van der Waals surface area contributed by atoms with Gasteiger partial charge in [0.2, 0.25) is 0 Å². The number of esters is 4. The van der Waals surface area contributed by atoms with Crippen molar-refractivity contribution in [2.75, 3.05) is 0 Å². The third-order valence-corrected chi connectivity index (χ3v) is 6.31. The van der Waals surface area contributed by atoms with Crippen LogP contribution in [0.3, 0.4) is 0 Å². The second-order valence-corrected chi connectivity index (χ2v) is 10.3. The van der Waals surface area contributed by atoms with E-state index < -0.39 is 29.7 Å². The summed E-state index contributed by atoms with van der Waals surface area (Å²) in [6.45, 7) is 18.5. The van der Waals surface area contributed by atoms with Gasteiger partial charge in [-0.2, -0.15) is 0 Å². The van der Waals surface area contributed by atoms with Crippen molar-refractivity contribution in [3.63, 3.8) is 0 Å². The van der Waals surface area contributed by atoms with Crippen LogP contribution < -0.4 is 18.9 Å². The number of hydrogen-bond donors (Lipinski definition) is 0. The van der Waals surface area contributed by atoms with Gasteiger partial charge in [0.25, 0.3) is 0 Å². The highest BCUT2D eigenvalue weighted by molar-refractivity contribution is 5.93. The molecular formula is C37H33FO8. The van der Waals surface area contributed by atoms with Gasteiger partial charge in [-0.05, 0) is 82.1 Å². The van der Waals surface area contributed by atoms with Crippen LogP contribution in [0.15, 0.2) is 103 Å². The summed E-state index contributed by atoms with van der Waals surface area (Å²) in [7, 11) is 0. The van der Waals surface area contributed by atoms with E-state index in [-0.39, 0.29) is 39.7 Å². The summed E-state index contributed by atoms with van der Waals surface area (Å²) >= 11 is 0. The molecule has 0 aliphatic rings. The standard InChI is InChI=1S/C37H33FO8/c1-9-24(8)37(42)45-32-20-29(26-13-15-28(16-14-26)43-34(39)21(2)3)33(46-36(41)23(6)7)19-27(32)12-10-25-11-17-31(30(38)18-25)44-35(40)22(4)5/h9-20H,2,4,6H2,1,3,5,7-8H3/b12-10+,24-9+. The van der Waals surface area contributed by atoms with Gasteiger partial charge in [0, 0.05) is 33.4 Å². The normalized spacial score (nSPS) is 11.0. The number of carbonyl (C=O) groups is 4. The first-order valence-corrected chi connectivity index (χ1v) is 13.9. The lowest BCUT2D eigenvalue weighted by molar-refractivity contribution is -0.131.